The van der Waals surface area contributed by atoms with Gasteiger partial charge in [-0.15, -0.1) is 0 Å². The molecule has 1 aromatic heterocycles. The summed E-state index contributed by atoms with van der Waals surface area (Å²) in [6.45, 7) is 4.52. The van der Waals surface area contributed by atoms with E-state index in [2.05, 4.69) is 35.4 Å². The number of pyridine rings is 1. The number of nitrogens with zero attached hydrogens (tertiary/aromatic N) is 1. The highest BCUT2D eigenvalue weighted by Gasteiger charge is 2.63. The van der Waals surface area contributed by atoms with Crippen molar-refractivity contribution in [2.75, 3.05) is 19.7 Å². The second-order valence-electron chi connectivity index (χ2n) is 13.9. The van der Waals surface area contributed by atoms with Crippen LogP contribution in [0.5, 0.6) is 5.75 Å². The molecule has 5 heteroatoms. The summed E-state index contributed by atoms with van der Waals surface area (Å²) in [5.41, 5.74) is 3.47. The summed E-state index contributed by atoms with van der Waals surface area (Å²) >= 11 is 0. The van der Waals surface area contributed by atoms with Gasteiger partial charge >= 0.3 is 0 Å². The fourth-order valence-electron chi connectivity index (χ4n) is 9.03. The molecule has 41 heavy (non-hydrogen) atoms. The van der Waals surface area contributed by atoms with Gasteiger partial charge in [-0.1, -0.05) is 64.0 Å². The summed E-state index contributed by atoms with van der Waals surface area (Å²) in [6, 6.07) is 12.1. The third-order valence-corrected chi connectivity index (χ3v) is 11.4. The van der Waals surface area contributed by atoms with E-state index < -0.39 is 6.10 Å². The van der Waals surface area contributed by atoms with Crippen molar-refractivity contribution in [3.05, 3.63) is 59.4 Å². The minimum absolute atomic E-state index is 0.0917. The molecule has 4 N–H and O–H groups in total. The number of fused-ring (bicyclic) bond motifs is 5. The number of nitrogens with one attached hydrogen (secondary N) is 1. The zero-order valence-electron chi connectivity index (χ0n) is 25.4. The maximum absolute atomic E-state index is 11.7. The highest BCUT2D eigenvalue weighted by atomic mass is 16.3. The summed E-state index contributed by atoms with van der Waals surface area (Å²) in [5.74, 6) is 1.94. The van der Waals surface area contributed by atoms with Crippen molar-refractivity contribution in [3.63, 3.8) is 0 Å². The molecule has 1 aromatic carbocycles. The van der Waals surface area contributed by atoms with Crippen molar-refractivity contribution in [2.24, 2.45) is 22.7 Å². The minimum Gasteiger partial charge on any atom is -0.508 e. The molecule has 0 aliphatic heterocycles. The Labute approximate surface area is 248 Å². The number of aliphatic hydroxyl groups excluding tert-OH is 2. The third-order valence-electron chi connectivity index (χ3n) is 11.4. The average molecular weight is 563 g/mol. The van der Waals surface area contributed by atoms with E-state index in [0.717, 1.165) is 70.2 Å². The van der Waals surface area contributed by atoms with Gasteiger partial charge in [0.2, 0.25) is 0 Å². The molecule has 1 heterocycles. The molecule has 3 aliphatic carbocycles. The Morgan fingerprint density at radius 2 is 1.73 bits per heavy atom. The fraction of sp³-hybridized carbons (Fsp3) is 0.694. The van der Waals surface area contributed by atoms with Crippen LogP contribution < -0.4 is 5.32 Å². The number of benzene rings is 1. The van der Waals surface area contributed by atoms with E-state index in [1.165, 1.54) is 56.1 Å². The van der Waals surface area contributed by atoms with Gasteiger partial charge in [-0.3, -0.25) is 4.98 Å². The lowest BCUT2D eigenvalue weighted by Gasteiger charge is -2.50. The maximum Gasteiger partial charge on any atom is 0.115 e. The fourth-order valence-corrected chi connectivity index (χ4v) is 9.03. The van der Waals surface area contributed by atoms with Crippen molar-refractivity contribution in [3.8, 4) is 5.75 Å². The molecular formula is C36H54N2O3. The molecular weight excluding hydrogens is 508 g/mol. The van der Waals surface area contributed by atoms with E-state index in [0.29, 0.717) is 23.5 Å². The Morgan fingerprint density at radius 1 is 0.951 bits per heavy atom. The second kappa shape index (κ2) is 14.0. The first-order valence-electron chi connectivity index (χ1n) is 16.7. The highest BCUT2D eigenvalue weighted by Crippen LogP contribution is 2.66. The number of phenols is 1. The summed E-state index contributed by atoms with van der Waals surface area (Å²) < 4.78 is 0. The molecule has 2 aromatic rings. The van der Waals surface area contributed by atoms with E-state index in [-0.39, 0.29) is 17.4 Å². The number of phenolic OH excluding ortho intramolecular Hbond substituents is 1. The van der Waals surface area contributed by atoms with Crippen LogP contribution in [0.3, 0.4) is 0 Å². The Bertz CT molecular complexity index is 1090. The van der Waals surface area contributed by atoms with E-state index in [9.17, 15) is 15.3 Å². The molecule has 2 fully saturated rings. The molecule has 0 radical (unpaired) electrons. The SMILES string of the molecule is C[C@]12CC[C@@H]3c4ccc(O)cc4CC[C@H]3[C@@H]1C[C@@](CO)(CCCCCCCCCCNCCc1ccccn1)[C@@H]2O. The lowest BCUT2D eigenvalue weighted by molar-refractivity contribution is -0.0715. The van der Waals surface area contributed by atoms with Crippen LogP contribution in [0.25, 0.3) is 0 Å². The van der Waals surface area contributed by atoms with Gasteiger partial charge in [-0.05, 0) is 110 Å². The lowest BCUT2D eigenvalue weighted by atomic mass is 9.55. The molecule has 5 rings (SSSR count). The normalized spacial score (nSPS) is 30.5. The summed E-state index contributed by atoms with van der Waals surface area (Å²) in [5, 5.41) is 36.0. The Kier molecular flexibility index (Phi) is 10.4. The Morgan fingerprint density at radius 3 is 2.49 bits per heavy atom. The van der Waals surface area contributed by atoms with Crippen molar-refractivity contribution in [1.29, 1.82) is 0 Å². The smallest absolute Gasteiger partial charge is 0.115 e. The first-order valence-corrected chi connectivity index (χ1v) is 16.7. The predicted octanol–water partition coefficient (Wildman–Crippen LogP) is 6.94. The van der Waals surface area contributed by atoms with Gasteiger partial charge < -0.3 is 20.6 Å². The zero-order chi connectivity index (χ0) is 28.7. The molecule has 6 atom stereocenters. The largest absolute Gasteiger partial charge is 0.508 e. The van der Waals surface area contributed by atoms with E-state index in [1.807, 2.05) is 24.4 Å². The molecule has 226 valence electrons. The van der Waals surface area contributed by atoms with Crippen molar-refractivity contribution in [2.45, 2.75) is 115 Å². The monoisotopic (exact) mass is 562 g/mol. The van der Waals surface area contributed by atoms with Crippen LogP contribution in [0, 0.1) is 22.7 Å². The van der Waals surface area contributed by atoms with Crippen molar-refractivity contribution in [1.82, 2.24) is 10.3 Å². The van der Waals surface area contributed by atoms with Crippen LogP contribution >= 0.6 is 0 Å². The predicted molar refractivity (Wildman–Crippen MR) is 166 cm³/mol. The third kappa shape index (κ3) is 6.84. The van der Waals surface area contributed by atoms with Crippen LogP contribution in [0.1, 0.15) is 113 Å². The number of aliphatic hydroxyl groups is 2. The van der Waals surface area contributed by atoms with Gasteiger partial charge in [0.05, 0.1) is 12.7 Å². The number of unbranched alkanes of at least 4 members (excludes halogenated alkanes) is 7. The topological polar surface area (TPSA) is 85.6 Å². The number of hydrogen-bond donors (Lipinski definition) is 4. The van der Waals surface area contributed by atoms with Gasteiger partial charge in [0, 0.05) is 30.3 Å². The first kappa shape index (κ1) is 30.5. The Balaban J connectivity index is 0.992. The van der Waals surface area contributed by atoms with Crippen LogP contribution in [0.2, 0.25) is 0 Å². The number of aromatic nitrogens is 1. The molecule has 2 saturated carbocycles. The first-order chi connectivity index (χ1) is 20.0. The number of rotatable bonds is 15. The average Bonchev–Trinajstić information content (AvgIpc) is 3.22. The van der Waals surface area contributed by atoms with Gasteiger partial charge in [-0.25, -0.2) is 0 Å². The van der Waals surface area contributed by atoms with E-state index >= 15 is 0 Å². The second-order valence-corrected chi connectivity index (χ2v) is 13.9. The number of aromatic hydroxyl groups is 1. The summed E-state index contributed by atoms with van der Waals surface area (Å²) in [6.07, 6.45) is 18.7. The van der Waals surface area contributed by atoms with Crippen molar-refractivity contribution >= 4 is 0 Å². The molecule has 3 aliphatic rings. The van der Waals surface area contributed by atoms with Gasteiger partial charge in [0.15, 0.2) is 0 Å². The Hall–Kier alpha value is -1.95. The van der Waals surface area contributed by atoms with Gasteiger partial charge in [-0.2, -0.15) is 0 Å². The molecule has 0 spiro atoms. The molecule has 0 amide bonds. The summed E-state index contributed by atoms with van der Waals surface area (Å²) in [4.78, 5) is 4.37. The highest BCUT2D eigenvalue weighted by molar-refractivity contribution is 5.40. The molecule has 0 saturated heterocycles. The maximum atomic E-state index is 11.7. The quantitative estimate of drug-likeness (QED) is 0.177. The van der Waals surface area contributed by atoms with Crippen LogP contribution in [0.4, 0.5) is 0 Å². The zero-order valence-corrected chi connectivity index (χ0v) is 25.4. The van der Waals surface area contributed by atoms with Gasteiger partial charge in [0.25, 0.3) is 0 Å². The number of hydrogen-bond acceptors (Lipinski definition) is 5. The number of aryl methyl sites for hydroxylation is 1. The van der Waals surface area contributed by atoms with E-state index in [1.54, 1.807) is 0 Å². The van der Waals surface area contributed by atoms with Crippen LogP contribution in [-0.4, -0.2) is 46.1 Å². The van der Waals surface area contributed by atoms with E-state index in [4.69, 9.17) is 0 Å². The summed E-state index contributed by atoms with van der Waals surface area (Å²) in [7, 11) is 0. The van der Waals surface area contributed by atoms with Gasteiger partial charge in [0.1, 0.15) is 5.75 Å². The molecule has 0 bridgehead atoms. The minimum atomic E-state index is -0.412. The van der Waals surface area contributed by atoms with Crippen LogP contribution in [-0.2, 0) is 12.8 Å². The standard InChI is InChI=1S/C36H54N2O3/c1-35-20-17-31-30-16-14-29(40)24-27(30)13-15-32(31)33(35)25-36(26-39,34(35)41)19-9-6-4-2-3-5-7-10-21-37-23-18-28-12-8-11-22-38-28/h8,11-12,14,16,22,24,31-34,37,39-41H,2-7,9-10,13,15,17-21,23,25-26H2,1H3/t31-,32-,33+,34-,35+,36-/m1/s1. The molecule has 5 nitrogen and oxygen atoms in total. The molecule has 0 unspecified atom stereocenters. The lowest BCUT2D eigenvalue weighted by Crippen LogP contribution is -2.46. The van der Waals surface area contributed by atoms with Crippen molar-refractivity contribution < 1.29 is 15.3 Å². The van der Waals surface area contributed by atoms with Crippen LogP contribution in [0.15, 0.2) is 42.6 Å².